The van der Waals surface area contributed by atoms with Crippen LogP contribution in [0.1, 0.15) is 5.56 Å². The van der Waals surface area contributed by atoms with E-state index in [0.717, 1.165) is 24.4 Å². The van der Waals surface area contributed by atoms with Crippen LogP contribution in [0.2, 0.25) is 0 Å². The van der Waals surface area contributed by atoms with Gasteiger partial charge < -0.3 is 14.8 Å². The van der Waals surface area contributed by atoms with Gasteiger partial charge in [0, 0.05) is 31.1 Å². The smallest absolute Gasteiger partial charge is 0.133 e. The van der Waals surface area contributed by atoms with Gasteiger partial charge in [0.1, 0.15) is 11.9 Å². The summed E-state index contributed by atoms with van der Waals surface area (Å²) in [4.78, 5) is 0. The van der Waals surface area contributed by atoms with Crippen LogP contribution < -0.4 is 10.1 Å². The monoisotopic (exact) mass is 279 g/mol. The van der Waals surface area contributed by atoms with Gasteiger partial charge in [-0.1, -0.05) is 36.4 Å². The third-order valence-electron chi connectivity index (χ3n) is 3.29. The van der Waals surface area contributed by atoms with Crippen molar-refractivity contribution in [3.05, 3.63) is 42.0 Å². The molecule has 1 fully saturated rings. The molecule has 1 aliphatic rings. The molecule has 1 aliphatic heterocycles. The van der Waals surface area contributed by atoms with Gasteiger partial charge in [-0.15, -0.1) is 12.4 Å². The second-order valence-electron chi connectivity index (χ2n) is 4.61. The molecule has 19 heavy (non-hydrogen) atoms. The highest BCUT2D eigenvalue weighted by Gasteiger charge is 2.20. The fraction of sp³-hybridized carbons (Fsp3) is 0.333. The van der Waals surface area contributed by atoms with E-state index < -0.39 is 0 Å². The molecule has 0 amide bonds. The van der Waals surface area contributed by atoms with Crippen molar-refractivity contribution in [3.63, 3.8) is 0 Å². The predicted octanol–water partition coefficient (Wildman–Crippen LogP) is 2.76. The number of nitrogens with one attached hydrogen (secondary N) is 1. The quantitative estimate of drug-likeness (QED) is 0.934. The number of benzene rings is 2. The molecule has 4 heteroatoms. The summed E-state index contributed by atoms with van der Waals surface area (Å²) in [7, 11) is 1.71. The second kappa shape index (κ2) is 6.24. The second-order valence-corrected chi connectivity index (χ2v) is 4.61. The molecule has 0 radical (unpaired) electrons. The minimum atomic E-state index is 0. The summed E-state index contributed by atoms with van der Waals surface area (Å²) >= 11 is 0. The Hall–Kier alpha value is -1.29. The number of hydrogen-bond donors (Lipinski definition) is 1. The van der Waals surface area contributed by atoms with E-state index in [9.17, 15) is 0 Å². The largest absolute Gasteiger partial charge is 0.487 e. The van der Waals surface area contributed by atoms with Gasteiger partial charge in [0.15, 0.2) is 0 Å². The van der Waals surface area contributed by atoms with Crippen LogP contribution in [0, 0.1) is 0 Å². The standard InChI is InChI=1S/C15H17NO2.ClH/c1-17-10-12-7-6-11-4-2-3-5-14(11)15(12)18-13-8-16-9-13;/h2-7,13,16H,8-10H2,1H3;1H. The summed E-state index contributed by atoms with van der Waals surface area (Å²) < 4.78 is 11.4. The summed E-state index contributed by atoms with van der Waals surface area (Å²) in [6.07, 6.45) is 0.284. The summed E-state index contributed by atoms with van der Waals surface area (Å²) in [6.45, 7) is 2.44. The number of fused-ring (bicyclic) bond motifs is 1. The molecule has 0 spiro atoms. The van der Waals surface area contributed by atoms with Gasteiger partial charge in [-0.2, -0.15) is 0 Å². The highest BCUT2D eigenvalue weighted by atomic mass is 35.5. The van der Waals surface area contributed by atoms with E-state index in [4.69, 9.17) is 9.47 Å². The summed E-state index contributed by atoms with van der Waals surface area (Å²) in [5, 5.41) is 5.60. The molecule has 0 bridgehead atoms. The Bertz CT molecular complexity index is 555. The molecule has 3 rings (SSSR count). The van der Waals surface area contributed by atoms with E-state index in [1.165, 1.54) is 10.8 Å². The van der Waals surface area contributed by atoms with Gasteiger partial charge in [0.2, 0.25) is 0 Å². The van der Waals surface area contributed by atoms with Crippen molar-refractivity contribution in [2.24, 2.45) is 0 Å². The van der Waals surface area contributed by atoms with Crippen LogP contribution in [-0.4, -0.2) is 26.3 Å². The number of methoxy groups -OCH3 is 1. The Balaban J connectivity index is 0.00000133. The van der Waals surface area contributed by atoms with Crippen LogP contribution in [0.5, 0.6) is 5.75 Å². The maximum Gasteiger partial charge on any atom is 0.133 e. The number of halogens is 1. The Morgan fingerprint density at radius 1 is 1.16 bits per heavy atom. The third kappa shape index (κ3) is 2.84. The maximum atomic E-state index is 6.10. The van der Waals surface area contributed by atoms with Crippen molar-refractivity contribution < 1.29 is 9.47 Å². The molecule has 1 N–H and O–H groups in total. The van der Waals surface area contributed by atoms with Crippen molar-refractivity contribution in [2.45, 2.75) is 12.7 Å². The molecule has 0 aromatic heterocycles. The minimum Gasteiger partial charge on any atom is -0.487 e. The van der Waals surface area contributed by atoms with Crippen LogP contribution in [0.4, 0.5) is 0 Å². The molecule has 1 heterocycles. The Morgan fingerprint density at radius 2 is 1.95 bits per heavy atom. The van der Waals surface area contributed by atoms with Crippen LogP contribution in [0.25, 0.3) is 10.8 Å². The van der Waals surface area contributed by atoms with Crippen molar-refractivity contribution >= 4 is 23.2 Å². The van der Waals surface area contributed by atoms with Gasteiger partial charge in [0.25, 0.3) is 0 Å². The van der Waals surface area contributed by atoms with Crippen LogP contribution in [-0.2, 0) is 11.3 Å². The van der Waals surface area contributed by atoms with Gasteiger partial charge >= 0.3 is 0 Å². The summed E-state index contributed by atoms with van der Waals surface area (Å²) in [5.41, 5.74) is 1.11. The molecular formula is C15H18ClNO2. The molecular weight excluding hydrogens is 262 g/mol. The van der Waals surface area contributed by atoms with Gasteiger partial charge in [-0.05, 0) is 5.39 Å². The lowest BCUT2D eigenvalue weighted by Crippen LogP contribution is -2.50. The number of ether oxygens (including phenoxy) is 2. The first-order chi connectivity index (χ1) is 8.88. The average molecular weight is 280 g/mol. The average Bonchev–Trinajstić information content (AvgIpc) is 2.35. The first-order valence-corrected chi connectivity index (χ1v) is 6.25. The summed E-state index contributed by atoms with van der Waals surface area (Å²) in [6, 6.07) is 12.5. The Labute approximate surface area is 119 Å². The minimum absolute atomic E-state index is 0. The topological polar surface area (TPSA) is 30.5 Å². The molecule has 0 aliphatic carbocycles. The van der Waals surface area contributed by atoms with E-state index in [1.807, 2.05) is 12.1 Å². The normalized spacial score (nSPS) is 14.8. The number of rotatable bonds is 4. The highest BCUT2D eigenvalue weighted by molar-refractivity contribution is 5.89. The molecule has 0 unspecified atom stereocenters. The molecule has 2 aromatic rings. The zero-order chi connectivity index (χ0) is 12.4. The molecule has 0 atom stereocenters. The van der Waals surface area contributed by atoms with Crippen LogP contribution in [0.15, 0.2) is 36.4 Å². The van der Waals surface area contributed by atoms with Crippen LogP contribution >= 0.6 is 12.4 Å². The molecule has 102 valence electrons. The first kappa shape index (κ1) is 14.1. The van der Waals surface area contributed by atoms with E-state index >= 15 is 0 Å². The van der Waals surface area contributed by atoms with E-state index in [1.54, 1.807) is 7.11 Å². The van der Waals surface area contributed by atoms with E-state index in [0.29, 0.717) is 6.61 Å². The van der Waals surface area contributed by atoms with E-state index in [-0.39, 0.29) is 18.5 Å². The van der Waals surface area contributed by atoms with Crippen molar-refractivity contribution in [1.82, 2.24) is 5.32 Å². The first-order valence-electron chi connectivity index (χ1n) is 6.25. The molecule has 3 nitrogen and oxygen atoms in total. The van der Waals surface area contributed by atoms with Crippen molar-refractivity contribution in [1.29, 1.82) is 0 Å². The van der Waals surface area contributed by atoms with Crippen molar-refractivity contribution in [2.75, 3.05) is 20.2 Å². The SMILES string of the molecule is COCc1ccc2ccccc2c1OC1CNC1.Cl. The molecule has 2 aromatic carbocycles. The molecule has 1 saturated heterocycles. The van der Waals surface area contributed by atoms with Crippen molar-refractivity contribution in [3.8, 4) is 5.75 Å². The Kier molecular flexibility index (Phi) is 4.64. The fourth-order valence-electron chi connectivity index (χ4n) is 2.21. The third-order valence-corrected chi connectivity index (χ3v) is 3.29. The molecule has 0 saturated carbocycles. The van der Waals surface area contributed by atoms with Gasteiger partial charge in [-0.3, -0.25) is 0 Å². The van der Waals surface area contributed by atoms with Crippen LogP contribution in [0.3, 0.4) is 0 Å². The van der Waals surface area contributed by atoms with Gasteiger partial charge in [0.05, 0.1) is 6.61 Å². The summed E-state index contributed by atoms with van der Waals surface area (Å²) in [5.74, 6) is 0.974. The highest BCUT2D eigenvalue weighted by Crippen LogP contribution is 2.31. The fourth-order valence-corrected chi connectivity index (χ4v) is 2.21. The zero-order valence-corrected chi connectivity index (χ0v) is 11.7. The lowest BCUT2D eigenvalue weighted by molar-refractivity contribution is 0.134. The number of hydrogen-bond acceptors (Lipinski definition) is 3. The zero-order valence-electron chi connectivity index (χ0n) is 10.9. The lowest BCUT2D eigenvalue weighted by Gasteiger charge is -2.29. The maximum absolute atomic E-state index is 6.10. The predicted molar refractivity (Wildman–Crippen MR) is 79.2 cm³/mol. The van der Waals surface area contributed by atoms with Gasteiger partial charge in [-0.25, -0.2) is 0 Å². The Morgan fingerprint density at radius 3 is 2.63 bits per heavy atom. The van der Waals surface area contributed by atoms with E-state index in [2.05, 4.69) is 29.6 Å². The lowest BCUT2D eigenvalue weighted by atomic mass is 10.1.